The Morgan fingerprint density at radius 1 is 1.44 bits per heavy atom. The molecular formula is C12H19ClN2O. The third-order valence-corrected chi connectivity index (χ3v) is 3.25. The third-order valence-electron chi connectivity index (χ3n) is 2.97. The molecule has 0 saturated heterocycles. The summed E-state index contributed by atoms with van der Waals surface area (Å²) in [6, 6.07) is 2.12. The van der Waals surface area contributed by atoms with Crippen LogP contribution in [0.15, 0.2) is 12.3 Å². The van der Waals surface area contributed by atoms with E-state index in [4.69, 9.17) is 16.7 Å². The van der Waals surface area contributed by atoms with Crippen LogP contribution < -0.4 is 4.90 Å². The van der Waals surface area contributed by atoms with Gasteiger partial charge in [-0.3, -0.25) is 0 Å². The first kappa shape index (κ1) is 13.3. The van der Waals surface area contributed by atoms with Gasteiger partial charge in [-0.2, -0.15) is 0 Å². The number of aliphatic hydroxyl groups excluding tert-OH is 1. The maximum Gasteiger partial charge on any atom is 0.147 e. The molecule has 0 fully saturated rings. The van der Waals surface area contributed by atoms with Gasteiger partial charge in [0, 0.05) is 19.3 Å². The first-order valence-corrected chi connectivity index (χ1v) is 5.83. The topological polar surface area (TPSA) is 36.4 Å². The van der Waals surface area contributed by atoms with E-state index in [2.05, 4.69) is 30.7 Å². The highest BCUT2D eigenvalue weighted by Gasteiger charge is 2.17. The Hall–Kier alpha value is -0.800. The fraction of sp³-hybridized carbons (Fsp3) is 0.583. The molecule has 0 aliphatic carbocycles. The van der Waals surface area contributed by atoms with Gasteiger partial charge in [0.1, 0.15) is 5.82 Å². The van der Waals surface area contributed by atoms with E-state index in [1.54, 1.807) is 12.3 Å². The minimum atomic E-state index is -0.0313. The largest absolute Gasteiger partial charge is 0.392 e. The number of anilines is 1. The SMILES string of the molecule is CC(C)C(C)N(C)c1ncc(CO)cc1Cl. The average molecular weight is 243 g/mol. The minimum Gasteiger partial charge on any atom is -0.392 e. The van der Waals surface area contributed by atoms with Crippen LogP contribution in [0.3, 0.4) is 0 Å². The lowest BCUT2D eigenvalue weighted by molar-refractivity contribution is 0.281. The number of rotatable bonds is 4. The van der Waals surface area contributed by atoms with Gasteiger partial charge in [-0.25, -0.2) is 4.98 Å². The van der Waals surface area contributed by atoms with Gasteiger partial charge in [0.15, 0.2) is 0 Å². The molecule has 0 aromatic carbocycles. The molecular weight excluding hydrogens is 224 g/mol. The van der Waals surface area contributed by atoms with Crippen molar-refractivity contribution < 1.29 is 5.11 Å². The van der Waals surface area contributed by atoms with E-state index in [1.807, 2.05) is 7.05 Å². The van der Waals surface area contributed by atoms with Crippen molar-refractivity contribution in [1.82, 2.24) is 4.98 Å². The van der Waals surface area contributed by atoms with Crippen LogP contribution in [0.25, 0.3) is 0 Å². The molecule has 3 nitrogen and oxygen atoms in total. The van der Waals surface area contributed by atoms with Crippen molar-refractivity contribution >= 4 is 17.4 Å². The molecule has 1 rings (SSSR count). The van der Waals surface area contributed by atoms with Gasteiger partial charge in [0.2, 0.25) is 0 Å². The summed E-state index contributed by atoms with van der Waals surface area (Å²) < 4.78 is 0. The Balaban J connectivity index is 2.96. The molecule has 0 bridgehead atoms. The normalized spacial score (nSPS) is 12.9. The fourth-order valence-electron chi connectivity index (χ4n) is 1.46. The fourth-order valence-corrected chi connectivity index (χ4v) is 1.78. The zero-order valence-electron chi connectivity index (χ0n) is 10.2. The van der Waals surface area contributed by atoms with Crippen LogP contribution in [0, 0.1) is 5.92 Å². The average Bonchev–Trinajstić information content (AvgIpc) is 2.26. The van der Waals surface area contributed by atoms with Gasteiger partial charge < -0.3 is 10.0 Å². The van der Waals surface area contributed by atoms with Crippen molar-refractivity contribution in [2.45, 2.75) is 33.4 Å². The Morgan fingerprint density at radius 3 is 2.50 bits per heavy atom. The van der Waals surface area contributed by atoms with Gasteiger partial charge in [-0.15, -0.1) is 0 Å². The molecule has 1 aromatic heterocycles. The Kier molecular flexibility index (Phi) is 4.56. The Morgan fingerprint density at radius 2 is 2.06 bits per heavy atom. The molecule has 1 N–H and O–H groups in total. The van der Waals surface area contributed by atoms with Crippen molar-refractivity contribution in [1.29, 1.82) is 0 Å². The van der Waals surface area contributed by atoms with Gasteiger partial charge in [0.05, 0.1) is 11.6 Å². The second-order valence-electron chi connectivity index (χ2n) is 4.40. The molecule has 0 spiro atoms. The van der Waals surface area contributed by atoms with Gasteiger partial charge in [-0.1, -0.05) is 25.4 Å². The molecule has 90 valence electrons. The van der Waals surface area contributed by atoms with E-state index < -0.39 is 0 Å². The summed E-state index contributed by atoms with van der Waals surface area (Å²) in [6.45, 7) is 6.44. The van der Waals surface area contributed by atoms with Gasteiger partial charge >= 0.3 is 0 Å². The third kappa shape index (κ3) is 2.86. The van der Waals surface area contributed by atoms with Crippen LogP contribution in [-0.4, -0.2) is 23.2 Å². The lowest BCUT2D eigenvalue weighted by Gasteiger charge is -2.29. The van der Waals surface area contributed by atoms with Crippen LogP contribution in [0.2, 0.25) is 5.02 Å². The number of aromatic nitrogens is 1. The number of nitrogens with zero attached hydrogens (tertiary/aromatic N) is 2. The predicted octanol–water partition coefficient (Wildman–Crippen LogP) is 2.71. The molecule has 1 unspecified atom stereocenters. The van der Waals surface area contributed by atoms with Crippen molar-refractivity contribution in [2.24, 2.45) is 5.92 Å². The summed E-state index contributed by atoms with van der Waals surface area (Å²) >= 11 is 6.14. The quantitative estimate of drug-likeness (QED) is 0.882. The monoisotopic (exact) mass is 242 g/mol. The standard InChI is InChI=1S/C12H19ClN2O/c1-8(2)9(3)15(4)12-11(13)5-10(7-16)6-14-12/h5-6,8-9,16H,7H2,1-4H3. The van der Waals surface area contributed by atoms with Crippen LogP contribution in [0.4, 0.5) is 5.82 Å². The van der Waals surface area contributed by atoms with E-state index >= 15 is 0 Å². The zero-order chi connectivity index (χ0) is 12.3. The minimum absolute atomic E-state index is 0.0313. The molecule has 4 heteroatoms. The lowest BCUT2D eigenvalue weighted by Crippen LogP contribution is -2.34. The van der Waals surface area contributed by atoms with E-state index in [0.29, 0.717) is 17.0 Å². The molecule has 0 radical (unpaired) electrons. The van der Waals surface area contributed by atoms with Crippen LogP contribution in [0.5, 0.6) is 0 Å². The summed E-state index contributed by atoms with van der Waals surface area (Å²) in [7, 11) is 1.98. The summed E-state index contributed by atoms with van der Waals surface area (Å²) in [4.78, 5) is 6.35. The first-order chi connectivity index (χ1) is 7.47. The molecule has 1 aromatic rings. The van der Waals surface area contributed by atoms with Crippen LogP contribution in [0.1, 0.15) is 26.3 Å². The lowest BCUT2D eigenvalue weighted by atomic mass is 10.1. The summed E-state index contributed by atoms with van der Waals surface area (Å²) in [5.74, 6) is 1.29. The van der Waals surface area contributed by atoms with E-state index in [9.17, 15) is 0 Å². The predicted molar refractivity (Wildman–Crippen MR) is 67.9 cm³/mol. The number of halogens is 1. The zero-order valence-corrected chi connectivity index (χ0v) is 11.0. The van der Waals surface area contributed by atoms with Crippen LogP contribution in [-0.2, 0) is 6.61 Å². The molecule has 0 saturated carbocycles. The summed E-state index contributed by atoms with van der Waals surface area (Å²) in [5, 5.41) is 9.56. The maximum atomic E-state index is 8.98. The molecule has 0 aliphatic heterocycles. The molecule has 0 amide bonds. The highest BCUT2D eigenvalue weighted by Crippen LogP contribution is 2.26. The van der Waals surface area contributed by atoms with Crippen molar-refractivity contribution in [3.63, 3.8) is 0 Å². The molecule has 16 heavy (non-hydrogen) atoms. The van der Waals surface area contributed by atoms with E-state index in [-0.39, 0.29) is 6.61 Å². The summed E-state index contributed by atoms with van der Waals surface area (Å²) in [6.07, 6.45) is 1.66. The number of aliphatic hydroxyl groups is 1. The van der Waals surface area contributed by atoms with Crippen molar-refractivity contribution in [2.75, 3.05) is 11.9 Å². The van der Waals surface area contributed by atoms with Crippen molar-refractivity contribution in [3.05, 3.63) is 22.8 Å². The van der Waals surface area contributed by atoms with Gasteiger partial charge in [0.25, 0.3) is 0 Å². The first-order valence-electron chi connectivity index (χ1n) is 5.45. The van der Waals surface area contributed by atoms with Crippen LogP contribution >= 0.6 is 11.6 Å². The van der Waals surface area contributed by atoms with E-state index in [0.717, 1.165) is 11.4 Å². The van der Waals surface area contributed by atoms with Crippen molar-refractivity contribution in [3.8, 4) is 0 Å². The second-order valence-corrected chi connectivity index (χ2v) is 4.81. The molecule has 1 heterocycles. The highest BCUT2D eigenvalue weighted by atomic mass is 35.5. The van der Waals surface area contributed by atoms with E-state index in [1.165, 1.54) is 0 Å². The smallest absolute Gasteiger partial charge is 0.147 e. The summed E-state index contributed by atoms with van der Waals surface area (Å²) in [5.41, 5.74) is 0.736. The highest BCUT2D eigenvalue weighted by molar-refractivity contribution is 6.33. The molecule has 1 atom stereocenters. The number of pyridine rings is 1. The second kappa shape index (κ2) is 5.51. The maximum absolute atomic E-state index is 8.98. The molecule has 0 aliphatic rings. The number of hydrogen-bond acceptors (Lipinski definition) is 3. The van der Waals surface area contributed by atoms with Gasteiger partial charge in [-0.05, 0) is 24.5 Å². The number of hydrogen-bond donors (Lipinski definition) is 1. The Labute approximate surface area is 102 Å². The Bertz CT molecular complexity index is 355.